The van der Waals surface area contributed by atoms with Crippen molar-refractivity contribution < 1.29 is 13.9 Å². The molecule has 1 aliphatic heterocycles. The summed E-state index contributed by atoms with van der Waals surface area (Å²) in [6.45, 7) is 2.93. The first-order valence-corrected chi connectivity index (χ1v) is 8.91. The van der Waals surface area contributed by atoms with E-state index in [2.05, 4.69) is 9.97 Å². The van der Waals surface area contributed by atoms with E-state index in [4.69, 9.17) is 4.74 Å². The van der Waals surface area contributed by atoms with Crippen molar-refractivity contribution in [3.05, 3.63) is 59.7 Å². The Hall–Kier alpha value is -2.93. The Labute approximate surface area is 156 Å². The second kappa shape index (κ2) is 7.36. The van der Waals surface area contributed by atoms with Crippen LogP contribution in [-0.4, -0.2) is 54.1 Å². The van der Waals surface area contributed by atoms with Crippen LogP contribution in [0.3, 0.4) is 0 Å². The van der Waals surface area contributed by atoms with Crippen LogP contribution in [0, 0.1) is 5.82 Å². The third kappa shape index (κ3) is 3.78. The largest absolute Gasteiger partial charge is 0.378 e. The SMILES string of the molecule is CN(Cc1cc2cc(F)ccc2[nH]1)c1cc(C(=O)N2CCOCC2)ccn1. The number of pyridine rings is 1. The number of benzene rings is 1. The number of fused-ring (bicyclic) bond motifs is 1. The van der Waals surface area contributed by atoms with Crippen LogP contribution >= 0.6 is 0 Å². The average Bonchev–Trinajstić information content (AvgIpc) is 3.09. The van der Waals surface area contributed by atoms with Gasteiger partial charge >= 0.3 is 0 Å². The van der Waals surface area contributed by atoms with E-state index >= 15 is 0 Å². The Morgan fingerprint density at radius 1 is 1.26 bits per heavy atom. The molecule has 1 fully saturated rings. The van der Waals surface area contributed by atoms with Gasteiger partial charge < -0.3 is 19.5 Å². The average molecular weight is 368 g/mol. The summed E-state index contributed by atoms with van der Waals surface area (Å²) in [7, 11) is 1.91. The number of ether oxygens (including phenoxy) is 1. The molecule has 0 unspecified atom stereocenters. The topological polar surface area (TPSA) is 61.5 Å². The Morgan fingerprint density at radius 2 is 2.07 bits per heavy atom. The van der Waals surface area contributed by atoms with Gasteiger partial charge in [0.2, 0.25) is 0 Å². The zero-order valence-electron chi connectivity index (χ0n) is 15.1. The van der Waals surface area contributed by atoms with E-state index in [1.165, 1.54) is 12.1 Å². The van der Waals surface area contributed by atoms with E-state index in [0.29, 0.717) is 44.2 Å². The molecule has 4 rings (SSSR count). The molecule has 0 spiro atoms. The van der Waals surface area contributed by atoms with Gasteiger partial charge in [0.1, 0.15) is 11.6 Å². The molecule has 0 saturated carbocycles. The van der Waals surface area contributed by atoms with Crippen LogP contribution in [0.4, 0.5) is 10.2 Å². The fourth-order valence-electron chi connectivity index (χ4n) is 3.29. The van der Waals surface area contributed by atoms with Gasteiger partial charge in [-0.15, -0.1) is 0 Å². The number of hydrogen-bond acceptors (Lipinski definition) is 4. The first-order chi connectivity index (χ1) is 13.1. The van der Waals surface area contributed by atoms with Crippen molar-refractivity contribution in [2.24, 2.45) is 0 Å². The highest BCUT2D eigenvalue weighted by molar-refractivity contribution is 5.95. The van der Waals surface area contributed by atoms with Crippen molar-refractivity contribution in [3.63, 3.8) is 0 Å². The van der Waals surface area contributed by atoms with E-state index in [9.17, 15) is 9.18 Å². The molecule has 0 radical (unpaired) electrons. The maximum atomic E-state index is 13.4. The monoisotopic (exact) mass is 368 g/mol. The summed E-state index contributed by atoms with van der Waals surface area (Å²) in [6.07, 6.45) is 1.65. The fraction of sp³-hybridized carbons (Fsp3) is 0.300. The molecular weight excluding hydrogens is 347 g/mol. The molecule has 0 bridgehead atoms. The molecule has 3 aromatic rings. The van der Waals surface area contributed by atoms with Crippen LogP contribution in [0.25, 0.3) is 10.9 Å². The number of morpholine rings is 1. The van der Waals surface area contributed by atoms with Gasteiger partial charge in [0, 0.05) is 48.5 Å². The van der Waals surface area contributed by atoms with Gasteiger partial charge in [-0.2, -0.15) is 0 Å². The van der Waals surface area contributed by atoms with Crippen LogP contribution in [0.15, 0.2) is 42.6 Å². The normalized spacial score (nSPS) is 14.5. The van der Waals surface area contributed by atoms with Crippen molar-refractivity contribution in [1.82, 2.24) is 14.9 Å². The number of amides is 1. The molecule has 6 nitrogen and oxygen atoms in total. The van der Waals surface area contributed by atoms with Crippen molar-refractivity contribution in [2.75, 3.05) is 38.3 Å². The van der Waals surface area contributed by atoms with E-state index in [1.807, 2.05) is 18.0 Å². The van der Waals surface area contributed by atoms with Gasteiger partial charge in [-0.05, 0) is 36.4 Å². The Bertz CT molecular complexity index is 966. The molecule has 1 N–H and O–H groups in total. The number of carbonyl (C=O) groups is 1. The number of rotatable bonds is 4. The minimum Gasteiger partial charge on any atom is -0.378 e. The van der Waals surface area contributed by atoms with Crippen molar-refractivity contribution in [1.29, 1.82) is 0 Å². The molecule has 2 aromatic heterocycles. The predicted molar refractivity (Wildman–Crippen MR) is 101 cm³/mol. The van der Waals surface area contributed by atoms with E-state index in [-0.39, 0.29) is 11.7 Å². The molecule has 0 atom stereocenters. The summed E-state index contributed by atoms with van der Waals surface area (Å²) in [6, 6.07) is 10.1. The molecule has 1 aliphatic rings. The van der Waals surface area contributed by atoms with Crippen molar-refractivity contribution in [3.8, 4) is 0 Å². The molecule has 1 saturated heterocycles. The van der Waals surface area contributed by atoms with Gasteiger partial charge in [-0.1, -0.05) is 0 Å². The molecule has 3 heterocycles. The van der Waals surface area contributed by atoms with E-state index in [0.717, 1.165) is 16.6 Å². The number of H-pyrrole nitrogens is 1. The Morgan fingerprint density at radius 3 is 2.89 bits per heavy atom. The number of carbonyl (C=O) groups excluding carboxylic acids is 1. The van der Waals surface area contributed by atoms with E-state index < -0.39 is 0 Å². The summed E-state index contributed by atoms with van der Waals surface area (Å²) in [4.78, 5) is 24.1. The minimum absolute atomic E-state index is 0.00330. The summed E-state index contributed by atoms with van der Waals surface area (Å²) in [5.74, 6) is 0.452. The number of nitrogens with zero attached hydrogens (tertiary/aromatic N) is 3. The quantitative estimate of drug-likeness (QED) is 0.769. The summed E-state index contributed by atoms with van der Waals surface area (Å²) < 4.78 is 18.7. The lowest BCUT2D eigenvalue weighted by Gasteiger charge is -2.27. The smallest absolute Gasteiger partial charge is 0.254 e. The van der Waals surface area contributed by atoms with Gasteiger partial charge in [-0.3, -0.25) is 4.79 Å². The molecule has 1 aromatic carbocycles. The number of aromatic nitrogens is 2. The second-order valence-electron chi connectivity index (χ2n) is 6.69. The van der Waals surface area contributed by atoms with Crippen LogP contribution in [0.1, 0.15) is 16.1 Å². The standard InChI is InChI=1S/C20H21FN4O2/c1-24(13-17-11-15-10-16(21)2-3-18(15)23-17)19-12-14(4-5-22-19)20(26)25-6-8-27-9-7-25/h2-5,10-12,23H,6-9,13H2,1H3. The second-order valence-corrected chi connectivity index (χ2v) is 6.69. The van der Waals surface area contributed by atoms with Crippen molar-refractivity contribution in [2.45, 2.75) is 6.54 Å². The maximum absolute atomic E-state index is 13.4. The Kier molecular flexibility index (Phi) is 4.77. The highest BCUT2D eigenvalue weighted by Gasteiger charge is 2.19. The fourth-order valence-corrected chi connectivity index (χ4v) is 3.29. The van der Waals surface area contributed by atoms with Crippen LogP contribution in [-0.2, 0) is 11.3 Å². The van der Waals surface area contributed by atoms with Crippen LogP contribution in [0.2, 0.25) is 0 Å². The molecule has 7 heteroatoms. The number of nitrogens with one attached hydrogen (secondary N) is 1. The third-order valence-electron chi connectivity index (χ3n) is 4.73. The van der Waals surface area contributed by atoms with Crippen LogP contribution in [0.5, 0.6) is 0 Å². The number of anilines is 1. The third-order valence-corrected chi connectivity index (χ3v) is 4.73. The molecular formula is C20H21FN4O2. The predicted octanol–water partition coefficient (Wildman–Crippen LogP) is 2.81. The highest BCUT2D eigenvalue weighted by atomic mass is 19.1. The highest BCUT2D eigenvalue weighted by Crippen LogP contribution is 2.20. The summed E-state index contributed by atoms with van der Waals surface area (Å²) in [5.41, 5.74) is 2.46. The zero-order valence-corrected chi connectivity index (χ0v) is 15.1. The Balaban J connectivity index is 1.51. The molecule has 1 amide bonds. The molecule has 140 valence electrons. The first-order valence-electron chi connectivity index (χ1n) is 8.91. The maximum Gasteiger partial charge on any atom is 0.254 e. The minimum atomic E-state index is -0.252. The lowest BCUT2D eigenvalue weighted by Crippen LogP contribution is -2.40. The van der Waals surface area contributed by atoms with E-state index in [1.54, 1.807) is 29.3 Å². The van der Waals surface area contributed by atoms with Gasteiger partial charge in [0.05, 0.1) is 19.8 Å². The zero-order chi connectivity index (χ0) is 18.8. The number of aromatic amines is 1. The summed E-state index contributed by atoms with van der Waals surface area (Å²) in [5, 5.41) is 0.836. The van der Waals surface area contributed by atoms with Crippen molar-refractivity contribution >= 4 is 22.6 Å². The summed E-state index contributed by atoms with van der Waals surface area (Å²) >= 11 is 0. The van der Waals surface area contributed by atoms with Crippen LogP contribution < -0.4 is 4.90 Å². The molecule has 0 aliphatic carbocycles. The lowest BCUT2D eigenvalue weighted by molar-refractivity contribution is 0.0303. The van der Waals surface area contributed by atoms with Gasteiger partial charge in [0.15, 0.2) is 0 Å². The van der Waals surface area contributed by atoms with Gasteiger partial charge in [-0.25, -0.2) is 9.37 Å². The lowest BCUT2D eigenvalue weighted by atomic mass is 10.2. The number of hydrogen-bond donors (Lipinski definition) is 1. The molecule has 27 heavy (non-hydrogen) atoms. The van der Waals surface area contributed by atoms with Gasteiger partial charge in [0.25, 0.3) is 5.91 Å². The number of halogens is 1. The first kappa shape index (κ1) is 17.5.